The van der Waals surface area contributed by atoms with E-state index in [1.807, 2.05) is 31.2 Å². The highest BCUT2D eigenvalue weighted by Crippen LogP contribution is 2.22. The molecule has 0 atom stereocenters. The molecule has 0 aliphatic rings. The molecule has 0 radical (unpaired) electrons. The van der Waals surface area contributed by atoms with Gasteiger partial charge in [-0.15, -0.1) is 0 Å². The van der Waals surface area contributed by atoms with Crippen molar-refractivity contribution in [2.45, 2.75) is 13.5 Å². The van der Waals surface area contributed by atoms with Crippen LogP contribution in [0, 0.1) is 6.92 Å². The fraction of sp³-hybridized carbons (Fsp3) is 0.231. The Labute approximate surface area is 114 Å². The van der Waals surface area contributed by atoms with Gasteiger partial charge < -0.3 is 9.47 Å². The summed E-state index contributed by atoms with van der Waals surface area (Å²) in [5.74, 6) is 1.48. The van der Waals surface area contributed by atoms with Crippen LogP contribution in [0.4, 0.5) is 0 Å². The molecule has 0 fully saturated rings. The second-order valence-electron chi connectivity index (χ2n) is 3.72. The van der Waals surface area contributed by atoms with Gasteiger partial charge in [-0.25, -0.2) is 4.98 Å². The number of aromatic nitrogens is 2. The number of hydrogen-bond acceptors (Lipinski definition) is 4. The number of methoxy groups -OCH3 is 1. The third-order valence-corrected chi connectivity index (χ3v) is 2.91. The zero-order chi connectivity index (χ0) is 13.0. The lowest BCUT2D eigenvalue weighted by molar-refractivity contribution is 0.296. The van der Waals surface area contributed by atoms with E-state index < -0.39 is 0 Å². The number of ether oxygens (including phenoxy) is 2. The van der Waals surface area contributed by atoms with Crippen molar-refractivity contribution in [3.05, 3.63) is 46.5 Å². The summed E-state index contributed by atoms with van der Waals surface area (Å²) in [6.07, 6.45) is 1.70. The molecule has 2 heterocycles. The summed E-state index contributed by atoms with van der Waals surface area (Å²) in [6.45, 7) is 2.30. The van der Waals surface area contributed by atoms with Crippen LogP contribution in [0.15, 0.2) is 35.1 Å². The smallest absolute Gasteiger partial charge is 0.152 e. The van der Waals surface area contributed by atoms with Crippen molar-refractivity contribution >= 4 is 15.9 Å². The molecule has 5 heteroatoms. The minimum absolute atomic E-state index is 0.377. The fourth-order valence-electron chi connectivity index (χ4n) is 1.53. The van der Waals surface area contributed by atoms with Gasteiger partial charge in [-0.2, -0.15) is 0 Å². The number of rotatable bonds is 4. The molecule has 0 aliphatic heterocycles. The molecule has 0 unspecified atom stereocenters. The van der Waals surface area contributed by atoms with Gasteiger partial charge in [0.25, 0.3) is 0 Å². The van der Waals surface area contributed by atoms with Crippen LogP contribution in [0.25, 0.3) is 0 Å². The maximum Gasteiger partial charge on any atom is 0.152 e. The van der Waals surface area contributed by atoms with Crippen molar-refractivity contribution in [2.75, 3.05) is 7.11 Å². The van der Waals surface area contributed by atoms with E-state index in [4.69, 9.17) is 9.47 Å². The Morgan fingerprint density at radius 2 is 2.17 bits per heavy atom. The summed E-state index contributed by atoms with van der Waals surface area (Å²) >= 11 is 3.33. The Kier molecular flexibility index (Phi) is 4.15. The quantitative estimate of drug-likeness (QED) is 0.814. The monoisotopic (exact) mass is 308 g/mol. The summed E-state index contributed by atoms with van der Waals surface area (Å²) in [4.78, 5) is 8.48. The first-order chi connectivity index (χ1) is 8.69. The molecular formula is C13H13BrN2O2. The van der Waals surface area contributed by atoms with Crippen LogP contribution < -0.4 is 9.47 Å². The van der Waals surface area contributed by atoms with Gasteiger partial charge in [-0.1, -0.05) is 0 Å². The molecule has 0 saturated heterocycles. The fourth-order valence-corrected chi connectivity index (χ4v) is 1.89. The van der Waals surface area contributed by atoms with E-state index in [2.05, 4.69) is 25.9 Å². The van der Waals surface area contributed by atoms with Gasteiger partial charge in [0.2, 0.25) is 0 Å². The van der Waals surface area contributed by atoms with E-state index >= 15 is 0 Å². The highest BCUT2D eigenvalue weighted by Gasteiger charge is 2.04. The van der Waals surface area contributed by atoms with E-state index in [-0.39, 0.29) is 0 Å². The second-order valence-corrected chi connectivity index (χ2v) is 4.47. The van der Waals surface area contributed by atoms with Crippen molar-refractivity contribution in [3.8, 4) is 11.5 Å². The lowest BCUT2D eigenvalue weighted by atomic mass is 10.3. The Hall–Kier alpha value is -1.62. The third kappa shape index (κ3) is 3.20. The molecule has 2 aromatic rings. The summed E-state index contributed by atoms with van der Waals surface area (Å²) in [5.41, 5.74) is 1.72. The van der Waals surface area contributed by atoms with Gasteiger partial charge in [-0.05, 0) is 35.0 Å². The Morgan fingerprint density at radius 1 is 1.33 bits per heavy atom. The summed E-state index contributed by atoms with van der Waals surface area (Å²) in [7, 11) is 1.64. The van der Waals surface area contributed by atoms with E-state index in [0.717, 1.165) is 17.1 Å². The van der Waals surface area contributed by atoms with Gasteiger partial charge in [-0.3, -0.25) is 4.98 Å². The zero-order valence-electron chi connectivity index (χ0n) is 10.2. The molecule has 18 heavy (non-hydrogen) atoms. The molecule has 0 N–H and O–H groups in total. The Bertz CT molecular complexity index is 546. The van der Waals surface area contributed by atoms with Crippen molar-refractivity contribution in [2.24, 2.45) is 0 Å². The van der Waals surface area contributed by atoms with Crippen LogP contribution in [0.5, 0.6) is 11.5 Å². The molecule has 0 bridgehead atoms. The topological polar surface area (TPSA) is 44.2 Å². The molecule has 2 rings (SSSR count). The van der Waals surface area contributed by atoms with E-state index in [1.165, 1.54) is 0 Å². The predicted molar refractivity (Wildman–Crippen MR) is 71.8 cm³/mol. The molecule has 4 nitrogen and oxygen atoms in total. The number of halogens is 1. The first-order valence-electron chi connectivity index (χ1n) is 5.44. The van der Waals surface area contributed by atoms with Crippen molar-refractivity contribution in [1.29, 1.82) is 0 Å². The minimum Gasteiger partial charge on any atom is -0.497 e. The average Bonchev–Trinajstić information content (AvgIpc) is 2.37. The van der Waals surface area contributed by atoms with Crippen LogP contribution in [0.1, 0.15) is 11.4 Å². The lowest BCUT2D eigenvalue weighted by Gasteiger charge is -2.08. The standard InChI is InChI=1S/C13H13BrN2O2/c1-9-6-11(17-2)7-10(16-9)8-18-12-4-3-5-15-13(12)14/h3-7H,8H2,1-2H3. The van der Waals surface area contributed by atoms with Crippen LogP contribution in [0.2, 0.25) is 0 Å². The van der Waals surface area contributed by atoms with Gasteiger partial charge >= 0.3 is 0 Å². The number of pyridine rings is 2. The van der Waals surface area contributed by atoms with Crippen molar-refractivity contribution < 1.29 is 9.47 Å². The van der Waals surface area contributed by atoms with E-state index in [9.17, 15) is 0 Å². The number of aryl methyl sites for hydroxylation is 1. The summed E-state index contributed by atoms with van der Waals surface area (Å²) < 4.78 is 11.5. The predicted octanol–water partition coefficient (Wildman–Crippen LogP) is 3.14. The van der Waals surface area contributed by atoms with E-state index in [0.29, 0.717) is 17.0 Å². The number of hydrogen-bond donors (Lipinski definition) is 0. The second kappa shape index (κ2) is 5.82. The minimum atomic E-state index is 0.377. The molecule has 0 saturated carbocycles. The van der Waals surface area contributed by atoms with Gasteiger partial charge in [0.1, 0.15) is 17.0 Å². The van der Waals surface area contributed by atoms with E-state index in [1.54, 1.807) is 13.3 Å². The van der Waals surface area contributed by atoms with Crippen LogP contribution in [-0.4, -0.2) is 17.1 Å². The molecular weight excluding hydrogens is 296 g/mol. The van der Waals surface area contributed by atoms with Crippen LogP contribution in [-0.2, 0) is 6.61 Å². The highest BCUT2D eigenvalue weighted by molar-refractivity contribution is 9.10. The normalized spacial score (nSPS) is 10.2. The molecule has 0 spiro atoms. The third-order valence-electron chi connectivity index (χ3n) is 2.32. The largest absolute Gasteiger partial charge is 0.497 e. The lowest BCUT2D eigenvalue weighted by Crippen LogP contribution is -2.01. The highest BCUT2D eigenvalue weighted by atomic mass is 79.9. The number of nitrogens with zero attached hydrogens (tertiary/aromatic N) is 2. The van der Waals surface area contributed by atoms with Crippen molar-refractivity contribution in [3.63, 3.8) is 0 Å². The van der Waals surface area contributed by atoms with Gasteiger partial charge in [0.05, 0.1) is 12.8 Å². The molecule has 0 aromatic carbocycles. The molecule has 2 aromatic heterocycles. The maximum atomic E-state index is 5.65. The maximum absolute atomic E-state index is 5.65. The SMILES string of the molecule is COc1cc(C)nc(COc2cccnc2Br)c1. The Balaban J connectivity index is 2.11. The van der Waals surface area contributed by atoms with Crippen molar-refractivity contribution in [1.82, 2.24) is 9.97 Å². The average molecular weight is 309 g/mol. The van der Waals surface area contributed by atoms with Crippen LogP contribution >= 0.6 is 15.9 Å². The van der Waals surface area contributed by atoms with Gasteiger partial charge in [0, 0.05) is 24.0 Å². The summed E-state index contributed by atoms with van der Waals surface area (Å²) in [6, 6.07) is 7.41. The first-order valence-corrected chi connectivity index (χ1v) is 6.23. The van der Waals surface area contributed by atoms with Gasteiger partial charge in [0.15, 0.2) is 5.75 Å². The summed E-state index contributed by atoms with van der Waals surface area (Å²) in [5, 5.41) is 0. The van der Waals surface area contributed by atoms with Crippen LogP contribution in [0.3, 0.4) is 0 Å². The molecule has 94 valence electrons. The molecule has 0 amide bonds. The molecule has 0 aliphatic carbocycles. The Morgan fingerprint density at radius 3 is 2.89 bits per heavy atom. The first kappa shape index (κ1) is 12.8. The zero-order valence-corrected chi connectivity index (χ0v) is 11.8.